The molecule has 2 rings (SSSR count). The van der Waals surface area contributed by atoms with E-state index in [4.69, 9.17) is 0 Å². The molecule has 0 atom stereocenters. The number of thioether (sulfide) groups is 1. The number of esters is 1. The summed E-state index contributed by atoms with van der Waals surface area (Å²) in [4.78, 5) is 11.8. The highest BCUT2D eigenvalue weighted by molar-refractivity contribution is 9.10. The number of halogens is 2. The number of carbonyl (C=O) groups excluding carboxylic acids is 1. The maximum Gasteiger partial charge on any atom is 0.308 e. The molecule has 0 heterocycles. The molecule has 17 heavy (non-hydrogen) atoms. The van der Waals surface area contributed by atoms with Crippen LogP contribution in [0.3, 0.4) is 0 Å². The summed E-state index contributed by atoms with van der Waals surface area (Å²) in [5, 5.41) is 0.308. The van der Waals surface area contributed by atoms with Crippen LogP contribution >= 0.6 is 27.7 Å². The average molecular weight is 319 g/mol. The third-order valence-corrected chi connectivity index (χ3v) is 4.59. The van der Waals surface area contributed by atoms with Gasteiger partial charge in [-0.3, -0.25) is 4.79 Å². The quantitative estimate of drug-likeness (QED) is 0.796. The van der Waals surface area contributed by atoms with Gasteiger partial charge in [0, 0.05) is 14.6 Å². The molecule has 1 aromatic carbocycles. The second kappa shape index (κ2) is 5.40. The zero-order valence-corrected chi connectivity index (χ0v) is 11.7. The summed E-state index contributed by atoms with van der Waals surface area (Å²) < 4.78 is 19.0. The minimum absolute atomic E-state index is 0.00675. The van der Waals surface area contributed by atoms with Crippen molar-refractivity contribution in [2.45, 2.75) is 23.0 Å². The van der Waals surface area contributed by atoms with Crippen molar-refractivity contribution in [1.29, 1.82) is 0 Å². The molecule has 1 fully saturated rings. The zero-order valence-electron chi connectivity index (χ0n) is 9.28. The molecule has 0 bridgehead atoms. The van der Waals surface area contributed by atoms with Gasteiger partial charge in [0.15, 0.2) is 0 Å². The lowest BCUT2D eigenvalue weighted by molar-refractivity contribution is -0.147. The van der Waals surface area contributed by atoms with Crippen LogP contribution in [0.4, 0.5) is 4.39 Å². The molecule has 92 valence electrons. The Balaban J connectivity index is 1.91. The van der Waals surface area contributed by atoms with Gasteiger partial charge in [0.25, 0.3) is 0 Å². The summed E-state index contributed by atoms with van der Waals surface area (Å²) in [6.45, 7) is 0. The van der Waals surface area contributed by atoms with Gasteiger partial charge in [-0.15, -0.1) is 11.8 Å². The Morgan fingerprint density at radius 3 is 2.88 bits per heavy atom. The molecular weight excluding hydrogens is 307 g/mol. The van der Waals surface area contributed by atoms with Crippen molar-refractivity contribution in [3.05, 3.63) is 28.5 Å². The fraction of sp³-hybridized carbons (Fsp3) is 0.417. The Bertz CT molecular complexity index is 433. The summed E-state index contributed by atoms with van der Waals surface area (Å²) in [7, 11) is 1.40. The van der Waals surface area contributed by atoms with Gasteiger partial charge in [-0.05, 0) is 31.0 Å². The monoisotopic (exact) mass is 318 g/mol. The van der Waals surface area contributed by atoms with Crippen molar-refractivity contribution in [2.24, 2.45) is 5.92 Å². The molecular formula is C12H12BrFO2S. The molecule has 0 spiro atoms. The molecule has 2 nitrogen and oxygen atoms in total. The predicted octanol–water partition coefficient (Wildman–Crippen LogP) is 3.63. The lowest BCUT2D eigenvalue weighted by Crippen LogP contribution is -2.33. The molecule has 0 aromatic heterocycles. The first kappa shape index (κ1) is 12.9. The number of hydrogen-bond acceptors (Lipinski definition) is 3. The number of hydrogen-bond donors (Lipinski definition) is 0. The van der Waals surface area contributed by atoms with Crippen LogP contribution in [0.25, 0.3) is 0 Å². The molecule has 0 saturated heterocycles. The van der Waals surface area contributed by atoms with Crippen LogP contribution in [0.1, 0.15) is 12.8 Å². The van der Waals surface area contributed by atoms with Crippen LogP contribution in [0.15, 0.2) is 27.6 Å². The van der Waals surface area contributed by atoms with Gasteiger partial charge in [-0.1, -0.05) is 15.9 Å². The minimum Gasteiger partial charge on any atom is -0.469 e. The van der Waals surface area contributed by atoms with Crippen LogP contribution in [-0.2, 0) is 9.53 Å². The van der Waals surface area contributed by atoms with E-state index in [1.54, 1.807) is 12.1 Å². The summed E-state index contributed by atoms with van der Waals surface area (Å²) >= 11 is 4.81. The van der Waals surface area contributed by atoms with Crippen molar-refractivity contribution in [2.75, 3.05) is 7.11 Å². The van der Waals surface area contributed by atoms with E-state index in [0.717, 1.165) is 17.3 Å². The highest BCUT2D eigenvalue weighted by Gasteiger charge is 2.36. The first-order chi connectivity index (χ1) is 8.10. The maximum atomic E-state index is 13.5. The second-order valence-corrected chi connectivity index (χ2v) is 6.26. The van der Waals surface area contributed by atoms with Gasteiger partial charge in [0.2, 0.25) is 0 Å². The van der Waals surface area contributed by atoms with Gasteiger partial charge >= 0.3 is 5.97 Å². The van der Waals surface area contributed by atoms with Crippen molar-refractivity contribution >= 4 is 33.7 Å². The molecule has 0 unspecified atom stereocenters. The Labute approximate surface area is 112 Å². The number of benzene rings is 1. The van der Waals surface area contributed by atoms with E-state index in [9.17, 15) is 9.18 Å². The molecule has 0 N–H and O–H groups in total. The Morgan fingerprint density at radius 2 is 2.24 bits per heavy atom. The zero-order chi connectivity index (χ0) is 12.4. The van der Waals surface area contributed by atoms with Crippen LogP contribution < -0.4 is 0 Å². The van der Waals surface area contributed by atoms with E-state index in [-0.39, 0.29) is 17.7 Å². The van der Waals surface area contributed by atoms with E-state index in [1.807, 2.05) is 0 Å². The molecule has 1 saturated carbocycles. The first-order valence-corrected chi connectivity index (χ1v) is 6.97. The molecule has 0 radical (unpaired) electrons. The number of rotatable bonds is 3. The van der Waals surface area contributed by atoms with Crippen molar-refractivity contribution in [3.63, 3.8) is 0 Å². The standard InChI is InChI=1S/C12H12BrFO2S/c1-16-12(15)7-4-9(5-7)17-11-6-8(13)2-3-10(11)14/h2-3,6-7,9H,4-5H2,1H3. The summed E-state index contributed by atoms with van der Waals surface area (Å²) in [6, 6.07) is 4.89. The molecule has 0 amide bonds. The molecule has 1 aliphatic carbocycles. The highest BCUT2D eigenvalue weighted by Crippen LogP contribution is 2.42. The molecule has 1 aliphatic rings. The van der Waals surface area contributed by atoms with Crippen LogP contribution in [0, 0.1) is 11.7 Å². The van der Waals surface area contributed by atoms with Crippen LogP contribution in [0.2, 0.25) is 0 Å². The Morgan fingerprint density at radius 1 is 1.53 bits per heavy atom. The lowest BCUT2D eigenvalue weighted by Gasteiger charge is -2.32. The molecule has 5 heteroatoms. The summed E-state index contributed by atoms with van der Waals surface area (Å²) in [5.74, 6) is -0.371. The largest absolute Gasteiger partial charge is 0.469 e. The minimum atomic E-state index is -0.209. The summed E-state index contributed by atoms with van der Waals surface area (Å²) in [6.07, 6.45) is 1.53. The van der Waals surface area contributed by atoms with Gasteiger partial charge in [-0.25, -0.2) is 4.39 Å². The number of ether oxygens (including phenoxy) is 1. The predicted molar refractivity (Wildman–Crippen MR) is 68.5 cm³/mol. The van der Waals surface area contributed by atoms with E-state index < -0.39 is 0 Å². The smallest absolute Gasteiger partial charge is 0.308 e. The van der Waals surface area contributed by atoms with Gasteiger partial charge in [-0.2, -0.15) is 0 Å². The second-order valence-electron chi connectivity index (χ2n) is 4.01. The third kappa shape index (κ3) is 3.01. The molecule has 1 aromatic rings. The lowest BCUT2D eigenvalue weighted by atomic mass is 9.85. The van der Waals surface area contributed by atoms with Gasteiger partial charge in [0.1, 0.15) is 5.82 Å². The van der Waals surface area contributed by atoms with E-state index >= 15 is 0 Å². The third-order valence-electron chi connectivity index (χ3n) is 2.82. The van der Waals surface area contributed by atoms with E-state index in [2.05, 4.69) is 20.7 Å². The highest BCUT2D eigenvalue weighted by atomic mass is 79.9. The topological polar surface area (TPSA) is 26.3 Å². The average Bonchev–Trinajstić information content (AvgIpc) is 2.26. The van der Waals surface area contributed by atoms with E-state index in [0.29, 0.717) is 10.1 Å². The van der Waals surface area contributed by atoms with Crippen LogP contribution in [-0.4, -0.2) is 18.3 Å². The Kier molecular flexibility index (Phi) is 4.09. The number of carbonyl (C=O) groups is 1. The normalized spacial score (nSPS) is 23.0. The van der Waals surface area contributed by atoms with Crippen LogP contribution in [0.5, 0.6) is 0 Å². The fourth-order valence-corrected chi connectivity index (χ4v) is 3.67. The van der Waals surface area contributed by atoms with Gasteiger partial charge in [0.05, 0.1) is 13.0 Å². The van der Waals surface area contributed by atoms with Crippen molar-refractivity contribution in [3.8, 4) is 0 Å². The number of methoxy groups -OCH3 is 1. The Hall–Kier alpha value is -0.550. The maximum absolute atomic E-state index is 13.5. The first-order valence-electron chi connectivity index (χ1n) is 5.29. The fourth-order valence-electron chi connectivity index (χ4n) is 1.77. The van der Waals surface area contributed by atoms with Crippen molar-refractivity contribution in [1.82, 2.24) is 0 Å². The molecule has 0 aliphatic heterocycles. The van der Waals surface area contributed by atoms with Crippen molar-refractivity contribution < 1.29 is 13.9 Å². The van der Waals surface area contributed by atoms with Gasteiger partial charge < -0.3 is 4.74 Å². The summed E-state index contributed by atoms with van der Waals surface area (Å²) in [5.41, 5.74) is 0. The SMILES string of the molecule is COC(=O)C1CC(Sc2cc(Br)ccc2F)C1. The van der Waals surface area contributed by atoms with E-state index in [1.165, 1.54) is 24.9 Å².